The maximum absolute atomic E-state index is 11.4. The molecule has 0 aliphatic carbocycles. The fourth-order valence-electron chi connectivity index (χ4n) is 1.39. The lowest BCUT2D eigenvalue weighted by molar-refractivity contribution is -0.123. The molecule has 0 bridgehead atoms. The number of phenolic OH excluding ortho intramolecular Hbond substituents is 1. The maximum Gasteiger partial charge on any atom is 0.328 e. The van der Waals surface area contributed by atoms with Gasteiger partial charge in [0.1, 0.15) is 11.3 Å². The largest absolute Gasteiger partial charge is 0.506 e. The second-order valence-electron chi connectivity index (χ2n) is 3.51. The summed E-state index contributed by atoms with van der Waals surface area (Å²) in [6.45, 7) is 0. The molecule has 4 amide bonds. The van der Waals surface area contributed by atoms with Gasteiger partial charge in [-0.25, -0.2) is 4.79 Å². The summed E-state index contributed by atoms with van der Waals surface area (Å²) >= 11 is 5.69. The number of benzene rings is 1. The van der Waals surface area contributed by atoms with Crippen molar-refractivity contribution in [2.45, 2.75) is 0 Å². The highest BCUT2D eigenvalue weighted by molar-refractivity contribution is 6.33. The van der Waals surface area contributed by atoms with Gasteiger partial charge in [0.2, 0.25) is 0 Å². The number of halogens is 1. The Bertz CT molecular complexity index is 573. The van der Waals surface area contributed by atoms with Gasteiger partial charge in [-0.05, 0) is 23.8 Å². The van der Waals surface area contributed by atoms with Crippen molar-refractivity contribution in [3.05, 3.63) is 34.4 Å². The van der Waals surface area contributed by atoms with E-state index in [9.17, 15) is 19.5 Å². The number of amides is 4. The van der Waals surface area contributed by atoms with E-state index in [4.69, 9.17) is 11.6 Å². The molecule has 0 spiro atoms. The number of hydrogen-bond acceptors (Lipinski definition) is 4. The fraction of sp³-hybridized carbons (Fsp3) is 0. The van der Waals surface area contributed by atoms with Gasteiger partial charge in [0, 0.05) is 0 Å². The number of rotatable bonds is 1. The summed E-state index contributed by atoms with van der Waals surface area (Å²) < 4.78 is 0. The first kappa shape index (κ1) is 12.1. The molecule has 7 heteroatoms. The number of nitrogens with one attached hydrogen (secondary N) is 2. The van der Waals surface area contributed by atoms with Crippen molar-refractivity contribution in [3.63, 3.8) is 0 Å². The summed E-state index contributed by atoms with van der Waals surface area (Å²) in [6, 6.07) is 3.34. The third-order valence-electron chi connectivity index (χ3n) is 2.23. The SMILES string of the molecule is O=C1NC(=O)C(=Cc2ccc(O)c(Cl)c2)C(=O)N1. The molecule has 1 aromatic carbocycles. The molecule has 1 fully saturated rings. The quantitative estimate of drug-likeness (QED) is 0.517. The minimum Gasteiger partial charge on any atom is -0.506 e. The Hall–Kier alpha value is -2.34. The number of phenols is 1. The van der Waals surface area contributed by atoms with Crippen LogP contribution in [0.3, 0.4) is 0 Å². The normalized spacial score (nSPS) is 15.2. The molecule has 0 radical (unpaired) electrons. The molecule has 0 saturated carbocycles. The van der Waals surface area contributed by atoms with Crippen molar-refractivity contribution < 1.29 is 19.5 Å². The van der Waals surface area contributed by atoms with Crippen molar-refractivity contribution in [2.75, 3.05) is 0 Å². The molecule has 1 saturated heterocycles. The Morgan fingerprint density at radius 2 is 1.72 bits per heavy atom. The molecule has 92 valence electrons. The van der Waals surface area contributed by atoms with Crippen LogP contribution in [0, 0.1) is 0 Å². The van der Waals surface area contributed by atoms with Crippen LogP contribution in [0.1, 0.15) is 5.56 Å². The predicted molar refractivity (Wildman–Crippen MR) is 62.8 cm³/mol. The first-order valence-electron chi connectivity index (χ1n) is 4.84. The molecule has 0 atom stereocenters. The number of imide groups is 2. The monoisotopic (exact) mass is 266 g/mol. The van der Waals surface area contributed by atoms with Crippen LogP contribution in [-0.4, -0.2) is 23.0 Å². The van der Waals surface area contributed by atoms with Gasteiger partial charge >= 0.3 is 6.03 Å². The molecule has 0 aromatic heterocycles. The maximum atomic E-state index is 11.4. The summed E-state index contributed by atoms with van der Waals surface area (Å²) in [5.41, 5.74) is 0.240. The first-order valence-corrected chi connectivity index (χ1v) is 5.22. The summed E-state index contributed by atoms with van der Waals surface area (Å²) in [5.74, 6) is -1.67. The van der Waals surface area contributed by atoms with Gasteiger partial charge in [-0.1, -0.05) is 17.7 Å². The van der Waals surface area contributed by atoms with E-state index < -0.39 is 17.8 Å². The first-order chi connectivity index (χ1) is 8.47. The number of carbonyl (C=O) groups is 3. The summed E-state index contributed by atoms with van der Waals surface area (Å²) in [7, 11) is 0. The molecule has 1 aliphatic heterocycles. The number of carbonyl (C=O) groups excluding carboxylic acids is 3. The van der Waals surface area contributed by atoms with Gasteiger partial charge in [0.05, 0.1) is 5.02 Å². The van der Waals surface area contributed by atoms with Crippen LogP contribution < -0.4 is 10.6 Å². The van der Waals surface area contributed by atoms with Gasteiger partial charge in [-0.2, -0.15) is 0 Å². The van der Waals surface area contributed by atoms with Crippen LogP contribution in [0.2, 0.25) is 5.02 Å². The highest BCUT2D eigenvalue weighted by Crippen LogP contribution is 2.24. The van der Waals surface area contributed by atoms with Gasteiger partial charge in [0.15, 0.2) is 0 Å². The molecular formula is C11H7ClN2O4. The highest BCUT2D eigenvalue weighted by Gasteiger charge is 2.27. The summed E-state index contributed by atoms with van der Waals surface area (Å²) in [6.07, 6.45) is 1.27. The molecule has 2 rings (SSSR count). The molecule has 1 heterocycles. The minimum absolute atomic E-state index is 0.0945. The van der Waals surface area contributed by atoms with Gasteiger partial charge in [0.25, 0.3) is 11.8 Å². The van der Waals surface area contributed by atoms with Crippen LogP contribution in [0.4, 0.5) is 4.79 Å². The van der Waals surface area contributed by atoms with Crippen molar-refractivity contribution in [1.29, 1.82) is 0 Å². The zero-order valence-electron chi connectivity index (χ0n) is 8.86. The molecule has 0 unspecified atom stereocenters. The Balaban J connectivity index is 2.37. The lowest BCUT2D eigenvalue weighted by Crippen LogP contribution is -2.51. The summed E-state index contributed by atoms with van der Waals surface area (Å²) in [5, 5.41) is 13.2. The summed E-state index contributed by atoms with van der Waals surface area (Å²) in [4.78, 5) is 33.7. The topological polar surface area (TPSA) is 95.5 Å². The van der Waals surface area contributed by atoms with E-state index in [0.717, 1.165) is 0 Å². The van der Waals surface area contributed by atoms with Gasteiger partial charge in [-0.15, -0.1) is 0 Å². The highest BCUT2D eigenvalue weighted by atomic mass is 35.5. The van der Waals surface area contributed by atoms with E-state index >= 15 is 0 Å². The second kappa shape index (κ2) is 4.50. The standard InChI is InChI=1S/C11H7ClN2O4/c12-7-4-5(1-2-8(7)15)3-6-9(16)13-11(18)14-10(6)17/h1-4,15H,(H2,13,14,16,17,18). The third kappa shape index (κ3) is 2.33. The van der Waals surface area contributed by atoms with Crippen molar-refractivity contribution in [1.82, 2.24) is 10.6 Å². The second-order valence-corrected chi connectivity index (χ2v) is 3.91. The zero-order valence-corrected chi connectivity index (χ0v) is 9.62. The fourth-order valence-corrected chi connectivity index (χ4v) is 1.57. The molecular weight excluding hydrogens is 260 g/mol. The van der Waals surface area contributed by atoms with Crippen molar-refractivity contribution >= 4 is 35.5 Å². The number of aromatic hydroxyl groups is 1. The number of hydrogen-bond donors (Lipinski definition) is 3. The Kier molecular flexibility index (Phi) is 3.03. The lowest BCUT2D eigenvalue weighted by atomic mass is 10.1. The van der Waals surface area contributed by atoms with E-state index in [1.165, 1.54) is 24.3 Å². The van der Waals surface area contributed by atoms with Gasteiger partial charge < -0.3 is 5.11 Å². The number of barbiturate groups is 1. The van der Waals surface area contributed by atoms with E-state index in [1.54, 1.807) is 0 Å². The molecule has 6 nitrogen and oxygen atoms in total. The third-order valence-corrected chi connectivity index (χ3v) is 2.53. The van der Waals surface area contributed by atoms with E-state index in [1.807, 2.05) is 10.6 Å². The average molecular weight is 267 g/mol. The lowest BCUT2D eigenvalue weighted by Gasteiger charge is -2.13. The van der Waals surface area contributed by atoms with Crippen molar-refractivity contribution in [2.24, 2.45) is 0 Å². The minimum atomic E-state index is -0.856. The molecule has 1 aliphatic rings. The molecule has 1 aromatic rings. The molecule has 18 heavy (non-hydrogen) atoms. The van der Waals surface area contributed by atoms with E-state index in [0.29, 0.717) is 5.56 Å². The Morgan fingerprint density at radius 1 is 1.11 bits per heavy atom. The van der Waals surface area contributed by atoms with E-state index in [2.05, 4.69) is 0 Å². The Morgan fingerprint density at radius 3 is 2.28 bits per heavy atom. The smallest absolute Gasteiger partial charge is 0.328 e. The van der Waals surface area contributed by atoms with Crippen LogP contribution >= 0.6 is 11.6 Å². The van der Waals surface area contributed by atoms with Crippen LogP contribution in [0.15, 0.2) is 23.8 Å². The van der Waals surface area contributed by atoms with Crippen LogP contribution in [0.25, 0.3) is 6.08 Å². The Labute approximate surface area is 106 Å². The number of urea groups is 1. The zero-order chi connectivity index (χ0) is 13.3. The average Bonchev–Trinajstić information content (AvgIpc) is 2.28. The van der Waals surface area contributed by atoms with Gasteiger partial charge in [-0.3, -0.25) is 20.2 Å². The van der Waals surface area contributed by atoms with Crippen LogP contribution in [-0.2, 0) is 9.59 Å². The van der Waals surface area contributed by atoms with Crippen LogP contribution in [0.5, 0.6) is 5.75 Å². The predicted octanol–water partition coefficient (Wildman–Crippen LogP) is 0.795. The van der Waals surface area contributed by atoms with Crippen molar-refractivity contribution in [3.8, 4) is 5.75 Å². The molecule has 3 N–H and O–H groups in total. The van der Waals surface area contributed by atoms with E-state index in [-0.39, 0.29) is 16.3 Å².